The molecule has 0 N–H and O–H groups in total. The maximum absolute atomic E-state index is 12.3. The van der Waals surface area contributed by atoms with Crippen molar-refractivity contribution in [3.8, 4) is 0 Å². The minimum atomic E-state index is -4.40. The Hall–Kier alpha value is -2.14. The molecule has 1 fully saturated rings. The number of hydrogen-bond donors (Lipinski definition) is 0. The van der Waals surface area contributed by atoms with E-state index in [1.165, 1.54) is 12.1 Å². The highest BCUT2D eigenvalue weighted by molar-refractivity contribution is 5.58. The van der Waals surface area contributed by atoms with Crippen LogP contribution in [0.15, 0.2) is 30.0 Å². The first kappa shape index (κ1) is 12.3. The molecule has 1 aromatic rings. The predicted octanol–water partition coefficient (Wildman–Crippen LogP) is 2.98. The molecule has 94 valence electrons. The smallest absolute Gasteiger partial charge is 0.416 e. The number of hydrogen-bond acceptors (Lipinski definition) is 2. The fourth-order valence-corrected chi connectivity index (χ4v) is 1.62. The molecule has 0 saturated carbocycles. The highest BCUT2D eigenvalue weighted by Crippen LogP contribution is 2.34. The molecule has 1 aliphatic rings. The van der Waals surface area contributed by atoms with Crippen LogP contribution in [0, 0.1) is 4.91 Å². The number of halogens is 3. The van der Waals surface area contributed by atoms with E-state index >= 15 is 0 Å². The quantitative estimate of drug-likeness (QED) is 0.725. The van der Waals surface area contributed by atoms with Crippen molar-refractivity contribution < 1.29 is 22.9 Å². The summed E-state index contributed by atoms with van der Waals surface area (Å²) in [6.07, 6.45) is -5.05. The van der Waals surface area contributed by atoms with Gasteiger partial charge in [0.15, 0.2) is 0 Å². The third kappa shape index (κ3) is 2.26. The fraction of sp³-hybridized carbons (Fsp3) is 0.273. The summed E-state index contributed by atoms with van der Waals surface area (Å²) in [6.45, 7) is 0. The summed E-state index contributed by atoms with van der Waals surface area (Å²) in [6, 6.07) is 4.31. The lowest BCUT2D eigenvalue weighted by atomic mass is 10.0. The van der Waals surface area contributed by atoms with Crippen LogP contribution in [0.1, 0.15) is 23.7 Å². The lowest BCUT2D eigenvalue weighted by Gasteiger charge is -2.08. The van der Waals surface area contributed by atoms with E-state index in [0.29, 0.717) is 5.56 Å². The van der Waals surface area contributed by atoms with Gasteiger partial charge in [-0.3, -0.25) is 0 Å². The van der Waals surface area contributed by atoms with Crippen molar-refractivity contribution in [1.29, 1.82) is 0 Å². The molecule has 1 atom stereocenters. The van der Waals surface area contributed by atoms with Crippen molar-refractivity contribution >= 4 is 5.87 Å². The maximum Gasteiger partial charge on any atom is 0.416 e. The average molecular weight is 256 g/mol. The van der Waals surface area contributed by atoms with Gasteiger partial charge in [0.1, 0.15) is 0 Å². The molecule has 4 nitrogen and oxygen atoms in total. The van der Waals surface area contributed by atoms with Crippen LogP contribution in [0.25, 0.3) is 5.41 Å². The summed E-state index contributed by atoms with van der Waals surface area (Å²) in [5, 5.41) is 8.59. The van der Waals surface area contributed by atoms with Crippen LogP contribution in [0.4, 0.5) is 13.2 Å². The van der Waals surface area contributed by atoms with E-state index in [9.17, 15) is 18.1 Å². The van der Waals surface area contributed by atoms with Gasteiger partial charge in [0.25, 0.3) is 4.92 Å². The molecule has 2 rings (SSSR count). The molecule has 1 unspecified atom stereocenters. The minimum absolute atomic E-state index is 0.0609. The van der Waals surface area contributed by atoms with Gasteiger partial charge in [-0.2, -0.15) is 19.0 Å². The second kappa shape index (κ2) is 4.27. The van der Waals surface area contributed by atoms with Gasteiger partial charge in [-0.1, -0.05) is 12.1 Å². The summed E-state index contributed by atoms with van der Waals surface area (Å²) in [7, 11) is 0. The fourth-order valence-electron chi connectivity index (χ4n) is 1.62. The Bertz CT molecular complexity index is 530. The van der Waals surface area contributed by atoms with Gasteiger partial charge in [-0.05, 0) is 12.1 Å². The van der Waals surface area contributed by atoms with Crippen LogP contribution >= 0.6 is 0 Å². The van der Waals surface area contributed by atoms with Gasteiger partial charge in [0.05, 0.1) is 16.9 Å². The first-order valence-corrected chi connectivity index (χ1v) is 4.99. The summed E-state index contributed by atoms with van der Waals surface area (Å²) in [5.74, 6) is 1.67. The Morgan fingerprint density at radius 3 is 2.39 bits per heavy atom. The van der Waals surface area contributed by atoms with E-state index in [2.05, 4.69) is 0 Å². The van der Waals surface area contributed by atoms with Crippen LogP contribution in [-0.4, -0.2) is 10.8 Å². The summed E-state index contributed by atoms with van der Waals surface area (Å²) < 4.78 is 37.0. The van der Waals surface area contributed by atoms with Gasteiger partial charge in [-0.15, -0.1) is 0 Å². The third-order valence-electron chi connectivity index (χ3n) is 2.56. The average Bonchev–Trinajstić information content (AvgIpc) is 2.69. The molecular formula is C11H7F3N2O2. The molecule has 0 aromatic heterocycles. The van der Waals surface area contributed by atoms with Gasteiger partial charge >= 0.3 is 11.9 Å². The number of rotatable bonds is 1. The van der Waals surface area contributed by atoms with Crippen LogP contribution in [0.2, 0.25) is 0 Å². The molecule has 1 saturated heterocycles. The zero-order valence-electron chi connectivity index (χ0n) is 8.94. The summed E-state index contributed by atoms with van der Waals surface area (Å²) in [5.41, 5.74) is -0.443. The van der Waals surface area contributed by atoms with E-state index in [1.807, 2.05) is 0 Å². The Balaban J connectivity index is 2.22. The Morgan fingerprint density at radius 1 is 1.33 bits per heavy atom. The Morgan fingerprint density at radius 2 is 1.94 bits per heavy atom. The van der Waals surface area contributed by atoms with Crippen molar-refractivity contribution in [2.24, 2.45) is 0 Å². The Kier molecular flexibility index (Phi) is 2.92. The van der Waals surface area contributed by atoms with Crippen LogP contribution in [-0.2, 0) is 11.0 Å². The van der Waals surface area contributed by atoms with Crippen molar-refractivity contribution in [2.45, 2.75) is 18.7 Å². The number of benzene rings is 1. The SMILES string of the molecule is [N-]=C=C1CC(c2ccc(C(F)(F)F)cc2)O[N+]1=O. The van der Waals surface area contributed by atoms with Crippen LogP contribution in [0.5, 0.6) is 0 Å². The van der Waals surface area contributed by atoms with Gasteiger partial charge in [-0.25, -0.2) is 4.84 Å². The molecule has 1 aliphatic heterocycles. The molecular weight excluding hydrogens is 249 g/mol. The monoisotopic (exact) mass is 256 g/mol. The highest BCUT2D eigenvalue weighted by atomic mass is 19.4. The largest absolute Gasteiger partial charge is 0.758 e. The zero-order valence-corrected chi connectivity index (χ0v) is 8.94. The normalized spacial score (nSPS) is 19.6. The summed E-state index contributed by atoms with van der Waals surface area (Å²) in [4.78, 5) is 16.0. The van der Waals surface area contributed by atoms with Gasteiger partial charge in [0, 0.05) is 5.56 Å². The van der Waals surface area contributed by atoms with E-state index in [1.54, 1.807) is 5.87 Å². The zero-order chi connectivity index (χ0) is 13.3. The molecule has 1 aromatic carbocycles. The molecule has 1 heterocycles. The minimum Gasteiger partial charge on any atom is -0.758 e. The second-order valence-electron chi connectivity index (χ2n) is 3.73. The van der Waals surface area contributed by atoms with Crippen LogP contribution < -0.4 is 0 Å². The molecule has 7 heteroatoms. The lowest BCUT2D eigenvalue weighted by Crippen LogP contribution is -2.05. The summed E-state index contributed by atoms with van der Waals surface area (Å²) >= 11 is 0. The molecule has 0 spiro atoms. The van der Waals surface area contributed by atoms with Crippen molar-refractivity contribution in [1.82, 2.24) is 0 Å². The van der Waals surface area contributed by atoms with Crippen molar-refractivity contribution in [2.75, 3.05) is 0 Å². The molecule has 0 bridgehead atoms. The van der Waals surface area contributed by atoms with E-state index in [-0.39, 0.29) is 17.0 Å². The number of nitrogens with zero attached hydrogens (tertiary/aromatic N) is 2. The van der Waals surface area contributed by atoms with E-state index < -0.39 is 17.8 Å². The first-order chi connectivity index (χ1) is 8.41. The van der Waals surface area contributed by atoms with Crippen LogP contribution in [0.3, 0.4) is 0 Å². The third-order valence-corrected chi connectivity index (χ3v) is 2.56. The molecule has 0 amide bonds. The first-order valence-electron chi connectivity index (χ1n) is 4.99. The number of alkyl halides is 3. The van der Waals surface area contributed by atoms with Gasteiger partial charge < -0.3 is 5.41 Å². The van der Waals surface area contributed by atoms with E-state index in [0.717, 1.165) is 12.1 Å². The topological polar surface area (TPSA) is 51.6 Å². The molecule has 18 heavy (non-hydrogen) atoms. The van der Waals surface area contributed by atoms with Crippen molar-refractivity contribution in [3.63, 3.8) is 0 Å². The molecule has 0 aliphatic carbocycles. The highest BCUT2D eigenvalue weighted by Gasteiger charge is 2.39. The van der Waals surface area contributed by atoms with Crippen molar-refractivity contribution in [3.05, 3.63) is 51.4 Å². The Labute approximate surface area is 99.7 Å². The molecule has 0 radical (unpaired) electrons. The lowest BCUT2D eigenvalue weighted by molar-refractivity contribution is -0.758. The standard InChI is InChI=1S/C11H7F3N2O2/c12-11(13,14)8-3-1-7(2-4-8)10-5-9(6-15)16(17)18-10/h1-4,10H,5H2. The second-order valence-corrected chi connectivity index (χ2v) is 3.73. The van der Waals surface area contributed by atoms with E-state index in [4.69, 9.17) is 10.2 Å². The van der Waals surface area contributed by atoms with Gasteiger partial charge in [0.2, 0.25) is 6.10 Å². The predicted molar refractivity (Wildman–Crippen MR) is 55.4 cm³/mol. The maximum atomic E-state index is 12.3.